The number of carbonyl (C=O) groups is 1. The average molecular weight is 425 g/mol. The number of nitrogens with zero attached hydrogens (tertiary/aromatic N) is 1. The van der Waals surface area contributed by atoms with Gasteiger partial charge in [0.1, 0.15) is 12.3 Å². The number of anilines is 2. The predicted molar refractivity (Wildman–Crippen MR) is 118 cm³/mol. The molecule has 3 aromatic carbocycles. The summed E-state index contributed by atoms with van der Waals surface area (Å²) in [6.45, 7) is 3.83. The number of hydrogen-bond acceptors (Lipinski definition) is 4. The van der Waals surface area contributed by atoms with Crippen LogP contribution in [0, 0.1) is 6.92 Å². The van der Waals surface area contributed by atoms with Gasteiger partial charge in [0.2, 0.25) is 5.91 Å². The van der Waals surface area contributed by atoms with E-state index in [1.807, 2.05) is 26.0 Å². The third-order valence-electron chi connectivity index (χ3n) is 4.43. The Kier molecular flexibility index (Phi) is 6.74. The van der Waals surface area contributed by atoms with Crippen molar-refractivity contribution in [3.63, 3.8) is 0 Å². The van der Waals surface area contributed by atoms with Crippen molar-refractivity contribution >= 4 is 27.3 Å². The van der Waals surface area contributed by atoms with E-state index in [2.05, 4.69) is 5.32 Å². The minimum Gasteiger partial charge on any atom is -0.494 e. The van der Waals surface area contributed by atoms with Gasteiger partial charge in [0.05, 0.1) is 17.2 Å². The predicted octanol–water partition coefficient (Wildman–Crippen LogP) is 4.23. The summed E-state index contributed by atoms with van der Waals surface area (Å²) in [5.74, 6) is 0.175. The SMILES string of the molecule is CCOc1cccc(NC(=O)CN(c2ccccc2C)S(=O)(=O)c2ccccc2)c1. The first-order chi connectivity index (χ1) is 14.4. The number of rotatable bonds is 8. The highest BCUT2D eigenvalue weighted by Gasteiger charge is 2.28. The van der Waals surface area contributed by atoms with E-state index in [9.17, 15) is 13.2 Å². The summed E-state index contributed by atoms with van der Waals surface area (Å²) >= 11 is 0. The first-order valence-electron chi connectivity index (χ1n) is 9.58. The standard InChI is InChI=1S/C23H24N2O4S/c1-3-29-20-12-9-11-19(16-20)24-23(26)17-25(22-15-8-7-10-18(22)2)30(27,28)21-13-5-4-6-14-21/h4-16H,3,17H2,1-2H3,(H,24,26). The highest BCUT2D eigenvalue weighted by Crippen LogP contribution is 2.27. The molecule has 156 valence electrons. The van der Waals surface area contributed by atoms with Crippen molar-refractivity contribution in [1.82, 2.24) is 0 Å². The van der Waals surface area contributed by atoms with Gasteiger partial charge in [-0.2, -0.15) is 0 Å². The highest BCUT2D eigenvalue weighted by atomic mass is 32.2. The Labute approximate surface area is 177 Å². The zero-order valence-electron chi connectivity index (χ0n) is 16.9. The first-order valence-corrected chi connectivity index (χ1v) is 11.0. The molecule has 0 atom stereocenters. The van der Waals surface area contributed by atoms with Crippen molar-refractivity contribution in [1.29, 1.82) is 0 Å². The lowest BCUT2D eigenvalue weighted by Gasteiger charge is -2.25. The zero-order chi connectivity index (χ0) is 21.6. The quantitative estimate of drug-likeness (QED) is 0.587. The summed E-state index contributed by atoms with van der Waals surface area (Å²) in [7, 11) is -3.93. The van der Waals surface area contributed by atoms with E-state index in [1.54, 1.807) is 54.6 Å². The molecule has 0 aliphatic rings. The van der Waals surface area contributed by atoms with E-state index in [0.29, 0.717) is 23.7 Å². The Hall–Kier alpha value is -3.32. The molecular weight excluding hydrogens is 400 g/mol. The van der Waals surface area contributed by atoms with Crippen LogP contribution in [0.1, 0.15) is 12.5 Å². The van der Waals surface area contributed by atoms with E-state index in [4.69, 9.17) is 4.74 Å². The molecule has 0 fully saturated rings. The molecule has 1 amide bonds. The summed E-state index contributed by atoms with van der Waals surface area (Å²) in [5, 5.41) is 2.76. The molecule has 0 bridgehead atoms. The number of para-hydroxylation sites is 1. The Balaban J connectivity index is 1.91. The second-order valence-corrected chi connectivity index (χ2v) is 8.48. The second kappa shape index (κ2) is 9.45. The van der Waals surface area contributed by atoms with Crippen LogP contribution in [0.15, 0.2) is 83.8 Å². The fourth-order valence-electron chi connectivity index (χ4n) is 3.02. The van der Waals surface area contributed by atoms with E-state index in [0.717, 1.165) is 9.87 Å². The van der Waals surface area contributed by atoms with Crippen molar-refractivity contribution in [2.24, 2.45) is 0 Å². The number of carbonyl (C=O) groups excluding carboxylic acids is 1. The second-order valence-electron chi connectivity index (χ2n) is 6.62. The molecule has 0 aliphatic heterocycles. The number of amides is 1. The molecule has 30 heavy (non-hydrogen) atoms. The van der Waals surface area contributed by atoms with Crippen molar-refractivity contribution in [2.75, 3.05) is 22.8 Å². The van der Waals surface area contributed by atoms with Crippen molar-refractivity contribution in [3.8, 4) is 5.75 Å². The zero-order valence-corrected chi connectivity index (χ0v) is 17.7. The molecule has 0 heterocycles. The molecule has 7 heteroatoms. The fraction of sp³-hybridized carbons (Fsp3) is 0.174. The van der Waals surface area contributed by atoms with Crippen LogP contribution in [0.5, 0.6) is 5.75 Å². The third-order valence-corrected chi connectivity index (χ3v) is 6.21. The average Bonchev–Trinajstić information content (AvgIpc) is 2.74. The molecule has 3 aromatic rings. The molecule has 0 unspecified atom stereocenters. The van der Waals surface area contributed by atoms with Gasteiger partial charge in [-0.1, -0.05) is 42.5 Å². The lowest BCUT2D eigenvalue weighted by atomic mass is 10.2. The van der Waals surface area contributed by atoms with Gasteiger partial charge in [-0.05, 0) is 49.7 Å². The molecule has 0 aliphatic carbocycles. The summed E-state index contributed by atoms with van der Waals surface area (Å²) < 4.78 is 33.3. The van der Waals surface area contributed by atoms with Gasteiger partial charge in [-0.25, -0.2) is 8.42 Å². The number of ether oxygens (including phenoxy) is 1. The lowest BCUT2D eigenvalue weighted by molar-refractivity contribution is -0.114. The Morgan fingerprint density at radius 3 is 2.37 bits per heavy atom. The monoisotopic (exact) mass is 424 g/mol. The van der Waals surface area contributed by atoms with Crippen molar-refractivity contribution < 1.29 is 17.9 Å². The molecule has 0 saturated heterocycles. The topological polar surface area (TPSA) is 75.7 Å². The lowest BCUT2D eigenvalue weighted by Crippen LogP contribution is -2.38. The van der Waals surface area contributed by atoms with Crippen molar-refractivity contribution in [2.45, 2.75) is 18.7 Å². The molecule has 0 saturated carbocycles. The van der Waals surface area contributed by atoms with E-state index in [1.165, 1.54) is 12.1 Å². The van der Waals surface area contributed by atoms with Crippen LogP contribution in [0.25, 0.3) is 0 Å². The summed E-state index contributed by atoms with van der Waals surface area (Å²) in [6, 6.07) is 22.2. The number of nitrogens with one attached hydrogen (secondary N) is 1. The van der Waals surface area contributed by atoms with Gasteiger partial charge in [0.25, 0.3) is 10.0 Å². The van der Waals surface area contributed by atoms with E-state index < -0.39 is 15.9 Å². The smallest absolute Gasteiger partial charge is 0.264 e. The summed E-state index contributed by atoms with van der Waals surface area (Å²) in [6.07, 6.45) is 0. The maximum absolute atomic E-state index is 13.3. The minimum atomic E-state index is -3.93. The molecule has 6 nitrogen and oxygen atoms in total. The van der Waals surface area contributed by atoms with Crippen LogP contribution in [0.4, 0.5) is 11.4 Å². The number of hydrogen-bond donors (Lipinski definition) is 1. The van der Waals surface area contributed by atoms with E-state index in [-0.39, 0.29) is 11.4 Å². The summed E-state index contributed by atoms with van der Waals surface area (Å²) in [5.41, 5.74) is 1.75. The van der Waals surface area contributed by atoms with Gasteiger partial charge in [0.15, 0.2) is 0 Å². The third kappa shape index (κ3) is 4.99. The van der Waals surface area contributed by atoms with Crippen LogP contribution in [-0.4, -0.2) is 27.5 Å². The molecule has 0 radical (unpaired) electrons. The van der Waals surface area contributed by atoms with Crippen LogP contribution in [0.2, 0.25) is 0 Å². The van der Waals surface area contributed by atoms with Gasteiger partial charge in [0, 0.05) is 11.8 Å². The molecule has 3 rings (SSSR count). The maximum Gasteiger partial charge on any atom is 0.264 e. The first kappa shape index (κ1) is 21.4. The normalized spacial score (nSPS) is 11.0. The van der Waals surface area contributed by atoms with Crippen molar-refractivity contribution in [3.05, 3.63) is 84.4 Å². The van der Waals surface area contributed by atoms with E-state index >= 15 is 0 Å². The number of aryl methyl sites for hydroxylation is 1. The highest BCUT2D eigenvalue weighted by molar-refractivity contribution is 7.92. The van der Waals surface area contributed by atoms with Gasteiger partial charge >= 0.3 is 0 Å². The number of benzene rings is 3. The Morgan fingerprint density at radius 1 is 0.967 bits per heavy atom. The molecule has 0 spiro atoms. The fourth-order valence-corrected chi connectivity index (χ4v) is 4.53. The van der Waals surface area contributed by atoms with Gasteiger partial charge in [-0.3, -0.25) is 9.10 Å². The molecule has 1 N–H and O–H groups in total. The molecular formula is C23H24N2O4S. The largest absolute Gasteiger partial charge is 0.494 e. The molecule has 0 aromatic heterocycles. The maximum atomic E-state index is 13.3. The Morgan fingerprint density at radius 2 is 1.67 bits per heavy atom. The summed E-state index contributed by atoms with van der Waals surface area (Å²) in [4.78, 5) is 12.9. The number of sulfonamides is 1. The van der Waals surface area contributed by atoms with Crippen LogP contribution in [0.3, 0.4) is 0 Å². The van der Waals surface area contributed by atoms with Gasteiger partial charge < -0.3 is 10.1 Å². The van der Waals surface area contributed by atoms with Crippen LogP contribution in [-0.2, 0) is 14.8 Å². The minimum absolute atomic E-state index is 0.124. The van der Waals surface area contributed by atoms with Crippen LogP contribution < -0.4 is 14.4 Å². The Bertz CT molecular complexity index is 1110. The van der Waals surface area contributed by atoms with Gasteiger partial charge in [-0.15, -0.1) is 0 Å². The van der Waals surface area contributed by atoms with Crippen LogP contribution >= 0.6 is 0 Å².